The van der Waals surface area contributed by atoms with Gasteiger partial charge in [-0.2, -0.15) is 0 Å². The van der Waals surface area contributed by atoms with Gasteiger partial charge in [0.1, 0.15) is 5.52 Å². The van der Waals surface area contributed by atoms with Crippen molar-refractivity contribution < 1.29 is 4.42 Å². The van der Waals surface area contributed by atoms with E-state index in [1.165, 1.54) is 0 Å². The van der Waals surface area contributed by atoms with Gasteiger partial charge in [-0.05, 0) is 92.2 Å². The molecule has 4 heteroatoms. The lowest BCUT2D eigenvalue weighted by atomic mass is 9.86. The number of hydrogen-bond donors (Lipinski definition) is 2. The van der Waals surface area contributed by atoms with E-state index in [9.17, 15) is 0 Å². The first-order chi connectivity index (χ1) is 24.1. The van der Waals surface area contributed by atoms with Crippen LogP contribution in [0.3, 0.4) is 0 Å². The van der Waals surface area contributed by atoms with Crippen LogP contribution < -0.4 is 0 Å². The Morgan fingerprint density at radius 3 is 2.04 bits per heavy atom. The van der Waals surface area contributed by atoms with Gasteiger partial charge in [-0.25, -0.2) is 4.98 Å². The van der Waals surface area contributed by atoms with Gasteiger partial charge < -0.3 is 15.2 Å². The Balaban J connectivity index is 1.21. The summed E-state index contributed by atoms with van der Waals surface area (Å²) in [5.74, 6) is 0.610. The Morgan fingerprint density at radius 2 is 1.18 bits per heavy atom. The molecule has 0 atom stereocenters. The Labute approximate surface area is 284 Å². The van der Waals surface area contributed by atoms with E-state index in [0.29, 0.717) is 17.3 Å². The number of aromatic nitrogens is 1. The minimum atomic E-state index is 0.347. The molecular formula is C45H31N3O. The zero-order chi connectivity index (χ0) is 33.2. The van der Waals surface area contributed by atoms with E-state index in [-0.39, 0.29) is 0 Å². The fourth-order valence-corrected chi connectivity index (χ4v) is 6.39. The van der Waals surface area contributed by atoms with Crippen molar-refractivity contribution >= 4 is 33.3 Å². The van der Waals surface area contributed by atoms with Gasteiger partial charge in [0.2, 0.25) is 5.89 Å². The maximum atomic E-state index is 9.13. The summed E-state index contributed by atoms with van der Waals surface area (Å²) in [5.41, 5.74) is 11.2. The van der Waals surface area contributed by atoms with Crippen LogP contribution in [0.2, 0.25) is 0 Å². The first kappa shape index (κ1) is 29.7. The van der Waals surface area contributed by atoms with Gasteiger partial charge in [-0.1, -0.05) is 133 Å². The Bertz CT molecular complexity index is 2530. The first-order valence-corrected chi connectivity index (χ1v) is 16.2. The molecule has 0 amide bonds. The molecule has 0 radical (unpaired) electrons. The maximum Gasteiger partial charge on any atom is 0.227 e. The van der Waals surface area contributed by atoms with E-state index in [1.54, 1.807) is 12.2 Å². The van der Waals surface area contributed by atoms with Crippen LogP contribution in [-0.2, 0) is 0 Å². The molecule has 0 fully saturated rings. The highest BCUT2D eigenvalue weighted by Gasteiger charge is 2.17. The second-order valence-electron chi connectivity index (χ2n) is 11.9. The number of oxazole rings is 1. The van der Waals surface area contributed by atoms with Crippen LogP contribution in [0.15, 0.2) is 180 Å². The summed E-state index contributed by atoms with van der Waals surface area (Å²) < 4.78 is 6.08. The highest BCUT2D eigenvalue weighted by atomic mass is 16.3. The number of rotatable bonds is 8. The number of nitrogens with zero attached hydrogens (tertiary/aromatic N) is 1. The predicted molar refractivity (Wildman–Crippen MR) is 202 cm³/mol. The van der Waals surface area contributed by atoms with Crippen LogP contribution in [0.4, 0.5) is 0 Å². The lowest BCUT2D eigenvalue weighted by Crippen LogP contribution is -2.01. The number of benzene rings is 7. The second-order valence-corrected chi connectivity index (χ2v) is 11.9. The van der Waals surface area contributed by atoms with E-state index in [0.717, 1.165) is 71.9 Å². The van der Waals surface area contributed by atoms with Crippen molar-refractivity contribution in [3.8, 4) is 44.8 Å². The van der Waals surface area contributed by atoms with Crippen molar-refractivity contribution in [1.82, 2.24) is 4.98 Å². The monoisotopic (exact) mass is 629 g/mol. The molecule has 0 spiro atoms. The molecular weight excluding hydrogens is 599 g/mol. The molecule has 0 aliphatic carbocycles. The van der Waals surface area contributed by atoms with Gasteiger partial charge in [0.15, 0.2) is 5.58 Å². The topological polar surface area (TPSA) is 73.7 Å². The number of allylic oxidation sites excluding steroid dienone is 2. The van der Waals surface area contributed by atoms with Gasteiger partial charge in [0.05, 0.1) is 11.4 Å². The summed E-state index contributed by atoms with van der Waals surface area (Å²) in [6, 6.07) is 55.2. The smallest absolute Gasteiger partial charge is 0.227 e. The molecule has 232 valence electrons. The average Bonchev–Trinajstić information content (AvgIpc) is 3.61. The van der Waals surface area contributed by atoms with E-state index in [2.05, 4.69) is 78.9 Å². The molecule has 0 bridgehead atoms. The van der Waals surface area contributed by atoms with E-state index < -0.39 is 0 Å². The third-order valence-electron chi connectivity index (χ3n) is 8.83. The molecule has 7 aromatic carbocycles. The standard InChI is InChI=1S/C45H31N3O/c46-40(31-13-3-1-4-14-31)25-26-41(47)38-20-9-10-21-39(38)44-36-19-8-7-12-30(36)22-24-37(44)35-18-11-17-33(28-35)34-23-27-43-42(29-34)48-45(49-43)32-15-5-2-6-16-32/h1-29,46-47H/b26-25-,46-40?,47-41?. The van der Waals surface area contributed by atoms with Crippen molar-refractivity contribution in [1.29, 1.82) is 10.8 Å². The van der Waals surface area contributed by atoms with Crippen molar-refractivity contribution in [3.63, 3.8) is 0 Å². The minimum Gasteiger partial charge on any atom is -0.436 e. The molecule has 0 aliphatic rings. The van der Waals surface area contributed by atoms with Crippen LogP contribution >= 0.6 is 0 Å². The quantitative estimate of drug-likeness (QED) is 0.164. The molecule has 0 saturated carbocycles. The molecule has 8 rings (SSSR count). The normalized spacial score (nSPS) is 11.3. The Morgan fingerprint density at radius 1 is 0.510 bits per heavy atom. The minimum absolute atomic E-state index is 0.347. The number of nitrogens with one attached hydrogen (secondary N) is 2. The highest BCUT2D eigenvalue weighted by molar-refractivity contribution is 6.18. The fourth-order valence-electron chi connectivity index (χ4n) is 6.39. The summed E-state index contributed by atoms with van der Waals surface area (Å²) in [6.45, 7) is 0. The third-order valence-corrected chi connectivity index (χ3v) is 8.83. The van der Waals surface area contributed by atoms with Crippen LogP contribution in [-0.4, -0.2) is 16.4 Å². The zero-order valence-corrected chi connectivity index (χ0v) is 26.6. The summed E-state index contributed by atoms with van der Waals surface area (Å²) >= 11 is 0. The molecule has 1 aromatic heterocycles. The molecule has 2 N–H and O–H groups in total. The Kier molecular flexibility index (Phi) is 7.80. The summed E-state index contributed by atoms with van der Waals surface area (Å²) in [6.07, 6.45) is 3.43. The second kappa shape index (κ2) is 12.9. The fraction of sp³-hybridized carbons (Fsp3) is 0. The van der Waals surface area contributed by atoms with Crippen LogP contribution in [0, 0.1) is 10.8 Å². The van der Waals surface area contributed by atoms with Crippen LogP contribution in [0.1, 0.15) is 11.1 Å². The SMILES string of the molecule is N=C(/C=C\C(=N)c1ccccc1-c1c(-c2cccc(-c3ccc4oc(-c5ccccc5)nc4c3)c2)ccc2ccccc12)c1ccccc1. The van der Waals surface area contributed by atoms with E-state index >= 15 is 0 Å². The van der Waals surface area contributed by atoms with Gasteiger partial charge in [-0.15, -0.1) is 0 Å². The number of fused-ring (bicyclic) bond motifs is 2. The average molecular weight is 630 g/mol. The lowest BCUT2D eigenvalue weighted by molar-refractivity contribution is 0.620. The summed E-state index contributed by atoms with van der Waals surface area (Å²) in [4.78, 5) is 4.80. The molecule has 49 heavy (non-hydrogen) atoms. The molecule has 0 saturated heterocycles. The van der Waals surface area contributed by atoms with Gasteiger partial charge >= 0.3 is 0 Å². The van der Waals surface area contributed by atoms with Gasteiger partial charge in [0.25, 0.3) is 0 Å². The van der Waals surface area contributed by atoms with Gasteiger partial charge in [-0.3, -0.25) is 0 Å². The van der Waals surface area contributed by atoms with Crippen molar-refractivity contribution in [2.75, 3.05) is 0 Å². The molecule has 1 heterocycles. The number of hydrogen-bond acceptors (Lipinski definition) is 4. The third kappa shape index (κ3) is 5.88. The zero-order valence-electron chi connectivity index (χ0n) is 26.6. The maximum absolute atomic E-state index is 9.13. The predicted octanol–water partition coefficient (Wildman–Crippen LogP) is 11.6. The van der Waals surface area contributed by atoms with Crippen LogP contribution in [0.25, 0.3) is 66.7 Å². The highest BCUT2D eigenvalue weighted by Crippen LogP contribution is 2.41. The summed E-state index contributed by atoms with van der Waals surface area (Å²) in [5, 5.41) is 19.9. The molecule has 8 aromatic rings. The largest absolute Gasteiger partial charge is 0.436 e. The van der Waals surface area contributed by atoms with Crippen molar-refractivity contribution in [2.24, 2.45) is 0 Å². The Hall–Kier alpha value is -6.65. The molecule has 4 nitrogen and oxygen atoms in total. The van der Waals surface area contributed by atoms with Crippen molar-refractivity contribution in [3.05, 3.63) is 187 Å². The van der Waals surface area contributed by atoms with E-state index in [4.69, 9.17) is 20.2 Å². The van der Waals surface area contributed by atoms with E-state index in [1.807, 2.05) is 84.9 Å². The molecule has 0 unspecified atom stereocenters. The van der Waals surface area contributed by atoms with Crippen molar-refractivity contribution in [2.45, 2.75) is 0 Å². The first-order valence-electron chi connectivity index (χ1n) is 16.2. The van der Waals surface area contributed by atoms with Gasteiger partial charge in [0, 0.05) is 11.1 Å². The lowest BCUT2D eigenvalue weighted by Gasteiger charge is -2.18. The molecule has 0 aliphatic heterocycles. The summed E-state index contributed by atoms with van der Waals surface area (Å²) in [7, 11) is 0. The van der Waals surface area contributed by atoms with Crippen LogP contribution in [0.5, 0.6) is 0 Å².